The van der Waals surface area contributed by atoms with Gasteiger partial charge < -0.3 is 5.73 Å². The van der Waals surface area contributed by atoms with Crippen LogP contribution in [0.3, 0.4) is 0 Å². The van der Waals surface area contributed by atoms with E-state index < -0.39 is 9.84 Å². The van der Waals surface area contributed by atoms with Gasteiger partial charge in [0.25, 0.3) is 0 Å². The van der Waals surface area contributed by atoms with Crippen LogP contribution in [0.5, 0.6) is 0 Å². The maximum atomic E-state index is 11.3. The number of nitrogen functional groups attached to an aromatic ring is 1. The lowest BCUT2D eigenvalue weighted by Gasteiger charge is -2.04. The molecule has 0 amide bonds. The van der Waals surface area contributed by atoms with Crippen molar-refractivity contribution in [3.63, 3.8) is 0 Å². The van der Waals surface area contributed by atoms with Crippen LogP contribution in [0.15, 0.2) is 35.2 Å². The van der Waals surface area contributed by atoms with Crippen LogP contribution in [-0.4, -0.2) is 24.6 Å². The third-order valence-electron chi connectivity index (χ3n) is 2.44. The van der Waals surface area contributed by atoms with E-state index in [2.05, 4.69) is 9.97 Å². The van der Waals surface area contributed by atoms with Gasteiger partial charge in [-0.1, -0.05) is 12.1 Å². The van der Waals surface area contributed by atoms with Gasteiger partial charge in [0.15, 0.2) is 9.84 Å². The Kier molecular flexibility index (Phi) is 3.04. The van der Waals surface area contributed by atoms with Crippen molar-refractivity contribution in [3.8, 4) is 11.3 Å². The summed E-state index contributed by atoms with van der Waals surface area (Å²) in [6.45, 7) is 1.75. The minimum absolute atomic E-state index is 0.282. The van der Waals surface area contributed by atoms with E-state index >= 15 is 0 Å². The van der Waals surface area contributed by atoms with Crippen LogP contribution in [-0.2, 0) is 9.84 Å². The number of aryl methyl sites for hydroxylation is 1. The summed E-state index contributed by atoms with van der Waals surface area (Å²) in [6, 6.07) is 8.17. The SMILES string of the molecule is Cc1nc(N)cc(-c2ccc(S(C)(=O)=O)cc2)n1. The van der Waals surface area contributed by atoms with E-state index in [9.17, 15) is 8.42 Å². The first-order valence-electron chi connectivity index (χ1n) is 5.28. The summed E-state index contributed by atoms with van der Waals surface area (Å²) < 4.78 is 22.7. The molecule has 0 saturated carbocycles. The Morgan fingerprint density at radius 1 is 1.11 bits per heavy atom. The number of hydrogen-bond donors (Lipinski definition) is 1. The van der Waals surface area contributed by atoms with Crippen LogP contribution in [0.25, 0.3) is 11.3 Å². The van der Waals surface area contributed by atoms with Crippen molar-refractivity contribution in [2.45, 2.75) is 11.8 Å². The van der Waals surface area contributed by atoms with E-state index in [0.29, 0.717) is 17.3 Å². The van der Waals surface area contributed by atoms with Gasteiger partial charge in [-0.2, -0.15) is 0 Å². The first kappa shape index (κ1) is 12.5. The second-order valence-electron chi connectivity index (χ2n) is 4.02. The average Bonchev–Trinajstić information content (AvgIpc) is 2.27. The minimum Gasteiger partial charge on any atom is -0.384 e. The van der Waals surface area contributed by atoms with Crippen LogP contribution in [0.2, 0.25) is 0 Å². The molecule has 0 saturated heterocycles. The van der Waals surface area contributed by atoms with E-state index in [1.54, 1.807) is 37.3 Å². The van der Waals surface area contributed by atoms with E-state index in [1.165, 1.54) is 6.26 Å². The highest BCUT2D eigenvalue weighted by molar-refractivity contribution is 7.90. The maximum absolute atomic E-state index is 11.3. The van der Waals surface area contributed by atoms with Gasteiger partial charge in [-0.3, -0.25) is 0 Å². The molecule has 18 heavy (non-hydrogen) atoms. The first-order valence-corrected chi connectivity index (χ1v) is 7.17. The van der Waals surface area contributed by atoms with Crippen molar-refractivity contribution in [3.05, 3.63) is 36.2 Å². The molecular formula is C12H13N3O2S. The van der Waals surface area contributed by atoms with Crippen LogP contribution in [0.1, 0.15) is 5.82 Å². The van der Waals surface area contributed by atoms with Crippen LogP contribution >= 0.6 is 0 Å². The predicted molar refractivity (Wildman–Crippen MR) is 69.7 cm³/mol. The van der Waals surface area contributed by atoms with E-state index in [1.807, 2.05) is 0 Å². The topological polar surface area (TPSA) is 85.9 Å². The molecule has 1 aromatic heterocycles. The molecule has 5 nitrogen and oxygen atoms in total. The van der Waals surface area contributed by atoms with Gasteiger partial charge in [0.1, 0.15) is 11.6 Å². The van der Waals surface area contributed by atoms with Crippen molar-refractivity contribution in [2.75, 3.05) is 12.0 Å². The number of sulfone groups is 1. The highest BCUT2D eigenvalue weighted by atomic mass is 32.2. The summed E-state index contributed by atoms with van der Waals surface area (Å²) in [5, 5.41) is 0. The van der Waals surface area contributed by atoms with Gasteiger partial charge >= 0.3 is 0 Å². The molecule has 6 heteroatoms. The van der Waals surface area contributed by atoms with E-state index in [4.69, 9.17) is 5.73 Å². The standard InChI is InChI=1S/C12H13N3O2S/c1-8-14-11(7-12(13)15-8)9-3-5-10(6-4-9)18(2,16)17/h3-7H,1-2H3,(H2,13,14,15). The zero-order chi connectivity index (χ0) is 13.3. The largest absolute Gasteiger partial charge is 0.384 e. The number of hydrogen-bond acceptors (Lipinski definition) is 5. The number of nitrogens with two attached hydrogens (primary N) is 1. The van der Waals surface area contributed by atoms with Crippen molar-refractivity contribution in [1.29, 1.82) is 0 Å². The van der Waals surface area contributed by atoms with Gasteiger partial charge in [-0.25, -0.2) is 18.4 Å². The molecule has 0 aliphatic rings. The van der Waals surface area contributed by atoms with Crippen LogP contribution < -0.4 is 5.73 Å². The summed E-state index contributed by atoms with van der Waals surface area (Å²) in [7, 11) is -3.18. The molecule has 0 aliphatic heterocycles. The summed E-state index contributed by atoms with van der Waals surface area (Å²) >= 11 is 0. The summed E-state index contributed by atoms with van der Waals surface area (Å²) in [5.74, 6) is 0.974. The molecule has 2 N–H and O–H groups in total. The van der Waals surface area contributed by atoms with Crippen molar-refractivity contribution >= 4 is 15.7 Å². The predicted octanol–water partition coefficient (Wildman–Crippen LogP) is 1.44. The Balaban J connectivity index is 2.46. The monoisotopic (exact) mass is 263 g/mol. The van der Waals surface area contributed by atoms with Crippen LogP contribution in [0, 0.1) is 6.92 Å². The Morgan fingerprint density at radius 2 is 1.72 bits per heavy atom. The van der Waals surface area contributed by atoms with Gasteiger partial charge in [0.2, 0.25) is 0 Å². The molecule has 0 atom stereocenters. The Morgan fingerprint density at radius 3 is 2.22 bits per heavy atom. The first-order chi connectivity index (χ1) is 8.36. The molecule has 2 rings (SSSR count). The van der Waals surface area contributed by atoms with Crippen molar-refractivity contribution in [1.82, 2.24) is 9.97 Å². The fourth-order valence-corrected chi connectivity index (χ4v) is 2.24. The molecule has 0 bridgehead atoms. The molecule has 0 radical (unpaired) electrons. The van der Waals surface area contributed by atoms with Gasteiger partial charge in [-0.05, 0) is 19.1 Å². The van der Waals surface area contributed by atoms with Gasteiger partial charge in [0, 0.05) is 17.9 Å². The quantitative estimate of drug-likeness (QED) is 0.886. The van der Waals surface area contributed by atoms with Gasteiger partial charge in [0.05, 0.1) is 10.6 Å². The Labute approximate surface area is 106 Å². The molecule has 0 spiro atoms. The Hall–Kier alpha value is -1.95. The zero-order valence-electron chi connectivity index (χ0n) is 10.1. The number of anilines is 1. The lowest BCUT2D eigenvalue weighted by Crippen LogP contribution is -1.98. The van der Waals surface area contributed by atoms with E-state index in [0.717, 1.165) is 5.56 Å². The number of aromatic nitrogens is 2. The minimum atomic E-state index is -3.18. The highest BCUT2D eigenvalue weighted by Gasteiger charge is 2.08. The fraction of sp³-hybridized carbons (Fsp3) is 0.167. The zero-order valence-corrected chi connectivity index (χ0v) is 10.9. The number of benzene rings is 1. The summed E-state index contributed by atoms with van der Waals surface area (Å²) in [5.41, 5.74) is 7.13. The molecule has 1 aromatic carbocycles. The molecule has 1 heterocycles. The Bertz CT molecular complexity index is 659. The smallest absolute Gasteiger partial charge is 0.175 e. The van der Waals surface area contributed by atoms with Crippen molar-refractivity contribution in [2.24, 2.45) is 0 Å². The maximum Gasteiger partial charge on any atom is 0.175 e. The molecule has 0 fully saturated rings. The molecular weight excluding hydrogens is 250 g/mol. The second kappa shape index (κ2) is 4.38. The fourth-order valence-electron chi connectivity index (χ4n) is 1.61. The van der Waals surface area contributed by atoms with E-state index in [-0.39, 0.29) is 4.90 Å². The average molecular weight is 263 g/mol. The lowest BCUT2D eigenvalue weighted by molar-refractivity contribution is 0.602. The molecule has 94 valence electrons. The number of rotatable bonds is 2. The highest BCUT2D eigenvalue weighted by Crippen LogP contribution is 2.20. The van der Waals surface area contributed by atoms with Gasteiger partial charge in [-0.15, -0.1) is 0 Å². The summed E-state index contributed by atoms with van der Waals surface area (Å²) in [6.07, 6.45) is 1.18. The molecule has 0 unspecified atom stereocenters. The van der Waals surface area contributed by atoms with Crippen LogP contribution in [0.4, 0.5) is 5.82 Å². The van der Waals surface area contributed by atoms with Crippen molar-refractivity contribution < 1.29 is 8.42 Å². The lowest BCUT2D eigenvalue weighted by atomic mass is 10.1. The number of nitrogens with zero attached hydrogens (tertiary/aromatic N) is 2. The molecule has 0 aliphatic carbocycles. The summed E-state index contributed by atoms with van der Waals surface area (Å²) in [4.78, 5) is 8.53. The second-order valence-corrected chi connectivity index (χ2v) is 6.04. The normalized spacial score (nSPS) is 11.4. The molecule has 2 aromatic rings. The third kappa shape index (κ3) is 2.65. The third-order valence-corrected chi connectivity index (χ3v) is 3.56.